The molecule has 0 fully saturated rings. The monoisotopic (exact) mass is 279 g/mol. The van der Waals surface area contributed by atoms with Gasteiger partial charge in [-0.1, -0.05) is 29.8 Å². The molecule has 1 aromatic heterocycles. The second-order valence-corrected chi connectivity index (χ2v) is 4.78. The van der Waals surface area contributed by atoms with Crippen LogP contribution in [0.25, 0.3) is 16.8 Å². The average Bonchev–Trinajstić information content (AvgIpc) is 3.02. The van der Waals surface area contributed by atoms with E-state index in [4.69, 9.17) is 0 Å². The zero-order valence-corrected chi connectivity index (χ0v) is 11.4. The summed E-state index contributed by atoms with van der Waals surface area (Å²) in [4.78, 5) is 15.2. The van der Waals surface area contributed by atoms with Gasteiger partial charge in [0.2, 0.25) is 0 Å². The lowest BCUT2D eigenvalue weighted by molar-refractivity contribution is 0.0697. The molecule has 0 spiro atoms. The molecule has 0 aliphatic carbocycles. The molecule has 2 aromatic carbocycles. The van der Waals surface area contributed by atoms with Crippen LogP contribution in [0.1, 0.15) is 15.9 Å². The van der Waals surface area contributed by atoms with Crippen LogP contribution in [0.15, 0.2) is 55.1 Å². The number of aromatic carboxylic acids is 1. The van der Waals surface area contributed by atoms with Crippen molar-refractivity contribution in [2.24, 2.45) is 0 Å². The van der Waals surface area contributed by atoms with Crippen molar-refractivity contribution in [3.63, 3.8) is 0 Å². The third-order valence-electron chi connectivity index (χ3n) is 3.23. The largest absolute Gasteiger partial charge is 0.478 e. The van der Waals surface area contributed by atoms with E-state index in [1.165, 1.54) is 6.33 Å². The van der Waals surface area contributed by atoms with Crippen molar-refractivity contribution in [2.75, 3.05) is 0 Å². The zero-order valence-electron chi connectivity index (χ0n) is 11.4. The normalized spacial score (nSPS) is 10.5. The summed E-state index contributed by atoms with van der Waals surface area (Å²) < 4.78 is 1.55. The number of carbonyl (C=O) groups is 1. The van der Waals surface area contributed by atoms with Gasteiger partial charge >= 0.3 is 5.97 Å². The maximum Gasteiger partial charge on any atom is 0.335 e. The Morgan fingerprint density at radius 2 is 1.86 bits per heavy atom. The lowest BCUT2D eigenvalue weighted by Crippen LogP contribution is -2.01. The quantitative estimate of drug-likeness (QED) is 0.800. The van der Waals surface area contributed by atoms with Crippen LogP contribution in [0.2, 0.25) is 0 Å². The molecule has 0 radical (unpaired) electrons. The average molecular weight is 279 g/mol. The summed E-state index contributed by atoms with van der Waals surface area (Å²) in [5.74, 6) is -0.967. The van der Waals surface area contributed by atoms with Crippen LogP contribution in [-0.2, 0) is 0 Å². The molecule has 5 heteroatoms. The van der Waals surface area contributed by atoms with Crippen LogP contribution in [0.4, 0.5) is 0 Å². The zero-order chi connectivity index (χ0) is 14.8. The number of carboxylic acids is 1. The molecule has 0 bridgehead atoms. The van der Waals surface area contributed by atoms with Crippen molar-refractivity contribution in [3.05, 3.63) is 66.2 Å². The molecule has 5 nitrogen and oxygen atoms in total. The van der Waals surface area contributed by atoms with Gasteiger partial charge in [0.25, 0.3) is 0 Å². The molecule has 0 aliphatic rings. The van der Waals surface area contributed by atoms with Crippen molar-refractivity contribution in [1.82, 2.24) is 14.8 Å². The summed E-state index contributed by atoms with van der Waals surface area (Å²) in [5.41, 5.74) is 3.84. The fourth-order valence-electron chi connectivity index (χ4n) is 2.12. The van der Waals surface area contributed by atoms with Crippen molar-refractivity contribution in [2.45, 2.75) is 6.92 Å². The molecule has 1 heterocycles. The van der Waals surface area contributed by atoms with E-state index >= 15 is 0 Å². The first kappa shape index (κ1) is 13.1. The fourth-order valence-corrected chi connectivity index (χ4v) is 2.12. The van der Waals surface area contributed by atoms with Gasteiger partial charge in [-0.25, -0.2) is 14.5 Å². The minimum atomic E-state index is -0.967. The summed E-state index contributed by atoms with van der Waals surface area (Å²) in [6.07, 6.45) is 2.96. The Kier molecular flexibility index (Phi) is 3.23. The van der Waals surface area contributed by atoms with Gasteiger partial charge in [0, 0.05) is 0 Å². The molecule has 104 valence electrons. The Balaban J connectivity index is 2.16. The molecule has 1 N–H and O–H groups in total. The molecule has 0 atom stereocenters. The van der Waals surface area contributed by atoms with E-state index in [0.29, 0.717) is 5.69 Å². The Morgan fingerprint density at radius 1 is 1.10 bits per heavy atom. The van der Waals surface area contributed by atoms with Crippen LogP contribution >= 0.6 is 0 Å². The van der Waals surface area contributed by atoms with E-state index in [9.17, 15) is 9.90 Å². The molecule has 0 saturated carbocycles. The molecule has 3 rings (SSSR count). The number of aromatic nitrogens is 3. The highest BCUT2D eigenvalue weighted by Gasteiger charge is 2.10. The van der Waals surface area contributed by atoms with Crippen molar-refractivity contribution in [3.8, 4) is 16.8 Å². The predicted octanol–water partition coefficient (Wildman–Crippen LogP) is 2.94. The Bertz CT molecular complexity index is 778. The molecular formula is C16H13N3O2. The summed E-state index contributed by atoms with van der Waals surface area (Å²) in [5, 5.41) is 13.3. The van der Waals surface area contributed by atoms with Gasteiger partial charge in [-0.15, -0.1) is 0 Å². The lowest BCUT2D eigenvalue weighted by Gasteiger charge is -2.08. The van der Waals surface area contributed by atoms with Gasteiger partial charge in [0.15, 0.2) is 0 Å². The number of nitrogens with zero attached hydrogens (tertiary/aromatic N) is 3. The Hall–Kier alpha value is -2.95. The smallest absolute Gasteiger partial charge is 0.335 e. The van der Waals surface area contributed by atoms with E-state index in [1.807, 2.05) is 37.3 Å². The number of carboxylic acid groups (broad SMARTS) is 1. The maximum absolute atomic E-state index is 11.3. The summed E-state index contributed by atoms with van der Waals surface area (Å²) in [6.45, 7) is 2.01. The van der Waals surface area contributed by atoms with E-state index in [2.05, 4.69) is 10.1 Å². The number of rotatable bonds is 3. The maximum atomic E-state index is 11.3. The molecule has 0 amide bonds. The van der Waals surface area contributed by atoms with E-state index in [1.54, 1.807) is 23.1 Å². The molecule has 21 heavy (non-hydrogen) atoms. The van der Waals surface area contributed by atoms with Gasteiger partial charge < -0.3 is 5.11 Å². The highest BCUT2D eigenvalue weighted by Crippen LogP contribution is 2.24. The minimum Gasteiger partial charge on any atom is -0.478 e. The molecule has 0 saturated heterocycles. The van der Waals surface area contributed by atoms with Gasteiger partial charge in [0.05, 0.1) is 11.3 Å². The summed E-state index contributed by atoms with van der Waals surface area (Å²) in [6, 6.07) is 13.1. The second kappa shape index (κ2) is 5.20. The van der Waals surface area contributed by atoms with Crippen LogP contribution in [-0.4, -0.2) is 25.8 Å². The van der Waals surface area contributed by atoms with Gasteiger partial charge in [-0.2, -0.15) is 5.10 Å². The third-order valence-corrected chi connectivity index (χ3v) is 3.23. The fraction of sp³-hybridized carbons (Fsp3) is 0.0625. The summed E-state index contributed by atoms with van der Waals surface area (Å²) in [7, 11) is 0. The van der Waals surface area contributed by atoms with Crippen LogP contribution < -0.4 is 0 Å². The van der Waals surface area contributed by atoms with Gasteiger partial charge in [-0.05, 0) is 36.2 Å². The standard InChI is InChI=1S/C16H13N3O2/c1-11-2-4-12(5-3-11)13-6-14(16(20)21)8-15(7-13)19-10-17-9-18-19/h2-10H,1H3,(H,20,21). The first-order valence-electron chi connectivity index (χ1n) is 6.44. The van der Waals surface area contributed by atoms with Crippen molar-refractivity contribution in [1.29, 1.82) is 0 Å². The molecule has 3 aromatic rings. The van der Waals surface area contributed by atoms with E-state index in [-0.39, 0.29) is 5.56 Å². The highest BCUT2D eigenvalue weighted by molar-refractivity contribution is 5.90. The molecular weight excluding hydrogens is 266 g/mol. The minimum absolute atomic E-state index is 0.221. The third kappa shape index (κ3) is 2.67. The Morgan fingerprint density at radius 3 is 2.48 bits per heavy atom. The topological polar surface area (TPSA) is 68.0 Å². The number of benzene rings is 2. The first-order valence-corrected chi connectivity index (χ1v) is 6.44. The number of hydrogen-bond donors (Lipinski definition) is 1. The number of aryl methyl sites for hydroxylation is 1. The van der Waals surface area contributed by atoms with Crippen LogP contribution in [0.3, 0.4) is 0 Å². The molecule has 0 unspecified atom stereocenters. The van der Waals surface area contributed by atoms with Gasteiger partial charge in [0.1, 0.15) is 12.7 Å². The lowest BCUT2D eigenvalue weighted by atomic mass is 10.0. The van der Waals surface area contributed by atoms with E-state index in [0.717, 1.165) is 16.7 Å². The van der Waals surface area contributed by atoms with Crippen molar-refractivity contribution >= 4 is 5.97 Å². The second-order valence-electron chi connectivity index (χ2n) is 4.78. The first-order chi connectivity index (χ1) is 10.1. The summed E-state index contributed by atoms with van der Waals surface area (Å²) >= 11 is 0. The van der Waals surface area contributed by atoms with Gasteiger partial charge in [-0.3, -0.25) is 0 Å². The van der Waals surface area contributed by atoms with Crippen molar-refractivity contribution < 1.29 is 9.90 Å². The van der Waals surface area contributed by atoms with Crippen LogP contribution in [0, 0.1) is 6.92 Å². The number of hydrogen-bond acceptors (Lipinski definition) is 3. The molecule has 0 aliphatic heterocycles. The predicted molar refractivity (Wildman–Crippen MR) is 78.5 cm³/mol. The SMILES string of the molecule is Cc1ccc(-c2cc(C(=O)O)cc(-n3cncn3)c2)cc1. The van der Waals surface area contributed by atoms with Crippen LogP contribution in [0.5, 0.6) is 0 Å². The van der Waals surface area contributed by atoms with E-state index < -0.39 is 5.97 Å². The highest BCUT2D eigenvalue weighted by atomic mass is 16.4. The Labute approximate surface area is 121 Å².